The SMILES string of the molecule is CC(Br)C(Br)(c1ccccc1)c1ccccc1. The summed E-state index contributed by atoms with van der Waals surface area (Å²) in [5.74, 6) is 0. The fourth-order valence-electron chi connectivity index (χ4n) is 1.99. The van der Waals surface area contributed by atoms with Crippen molar-refractivity contribution in [2.45, 2.75) is 16.1 Å². The van der Waals surface area contributed by atoms with Gasteiger partial charge in [-0.15, -0.1) is 0 Å². The van der Waals surface area contributed by atoms with Gasteiger partial charge in [-0.2, -0.15) is 0 Å². The van der Waals surface area contributed by atoms with Crippen LogP contribution < -0.4 is 0 Å². The van der Waals surface area contributed by atoms with Gasteiger partial charge < -0.3 is 0 Å². The van der Waals surface area contributed by atoms with Crippen molar-refractivity contribution in [3.8, 4) is 0 Å². The molecule has 0 radical (unpaired) electrons. The Bertz CT molecular complexity index is 423. The molecule has 88 valence electrons. The Morgan fingerprint density at radius 3 is 1.47 bits per heavy atom. The molecule has 1 unspecified atom stereocenters. The molecule has 0 aliphatic rings. The lowest BCUT2D eigenvalue weighted by molar-refractivity contribution is 0.754. The van der Waals surface area contributed by atoms with Crippen LogP contribution in [0.2, 0.25) is 0 Å². The smallest absolute Gasteiger partial charge is 0.0871 e. The van der Waals surface area contributed by atoms with Crippen LogP contribution in [0.3, 0.4) is 0 Å². The van der Waals surface area contributed by atoms with Crippen LogP contribution in [0.4, 0.5) is 0 Å². The lowest BCUT2D eigenvalue weighted by Crippen LogP contribution is -2.28. The average molecular weight is 354 g/mol. The van der Waals surface area contributed by atoms with Crippen LogP contribution in [0.5, 0.6) is 0 Å². The van der Waals surface area contributed by atoms with E-state index in [2.05, 4.69) is 87.3 Å². The quantitative estimate of drug-likeness (QED) is 0.672. The van der Waals surface area contributed by atoms with E-state index in [-0.39, 0.29) is 4.32 Å². The Balaban J connectivity index is 2.55. The number of hydrogen-bond donors (Lipinski definition) is 0. The fraction of sp³-hybridized carbons (Fsp3) is 0.200. The highest BCUT2D eigenvalue weighted by Gasteiger charge is 2.35. The average Bonchev–Trinajstić information content (AvgIpc) is 2.39. The van der Waals surface area contributed by atoms with Crippen molar-refractivity contribution in [2.75, 3.05) is 0 Å². The molecule has 0 spiro atoms. The molecule has 0 aromatic heterocycles. The van der Waals surface area contributed by atoms with Gasteiger partial charge in [0.1, 0.15) is 0 Å². The van der Waals surface area contributed by atoms with Crippen LogP contribution in [0.15, 0.2) is 60.7 Å². The molecule has 0 nitrogen and oxygen atoms in total. The van der Waals surface area contributed by atoms with Gasteiger partial charge in [-0.3, -0.25) is 0 Å². The van der Waals surface area contributed by atoms with Crippen LogP contribution in [0.25, 0.3) is 0 Å². The molecular formula is C15H14Br2. The molecular weight excluding hydrogens is 340 g/mol. The second-order valence-corrected chi connectivity index (χ2v) is 6.68. The van der Waals surface area contributed by atoms with Gasteiger partial charge >= 0.3 is 0 Å². The standard InChI is InChI=1S/C15H14Br2/c1-12(16)15(17,13-8-4-2-5-9-13)14-10-6-3-7-11-14/h2-12H,1H3. The van der Waals surface area contributed by atoms with Crippen LogP contribution in [0, 0.1) is 0 Å². The van der Waals surface area contributed by atoms with Gasteiger partial charge in [0, 0.05) is 4.83 Å². The number of rotatable bonds is 3. The molecule has 0 fully saturated rings. The minimum absolute atomic E-state index is 0.185. The lowest BCUT2D eigenvalue weighted by Gasteiger charge is -2.31. The fourth-order valence-corrected chi connectivity index (χ4v) is 3.04. The van der Waals surface area contributed by atoms with Crippen molar-refractivity contribution < 1.29 is 0 Å². The third kappa shape index (κ3) is 2.48. The Morgan fingerprint density at radius 2 is 1.18 bits per heavy atom. The van der Waals surface area contributed by atoms with E-state index in [4.69, 9.17) is 0 Å². The summed E-state index contributed by atoms with van der Waals surface area (Å²) in [4.78, 5) is 0.291. The summed E-state index contributed by atoms with van der Waals surface area (Å²) in [6.07, 6.45) is 0. The van der Waals surface area contributed by atoms with Crippen molar-refractivity contribution in [3.05, 3.63) is 71.8 Å². The summed E-state index contributed by atoms with van der Waals surface area (Å²) in [6.45, 7) is 2.16. The minimum atomic E-state index is -0.185. The predicted molar refractivity (Wildman–Crippen MR) is 81.0 cm³/mol. The highest BCUT2D eigenvalue weighted by atomic mass is 79.9. The third-order valence-corrected chi connectivity index (χ3v) is 5.84. The first-order valence-corrected chi connectivity index (χ1v) is 7.30. The molecule has 2 heteroatoms. The van der Waals surface area contributed by atoms with E-state index in [1.807, 2.05) is 12.1 Å². The topological polar surface area (TPSA) is 0 Å². The first kappa shape index (κ1) is 12.8. The molecule has 0 amide bonds. The summed E-state index contributed by atoms with van der Waals surface area (Å²) >= 11 is 7.64. The molecule has 0 saturated carbocycles. The Labute approximate surface area is 119 Å². The summed E-state index contributed by atoms with van der Waals surface area (Å²) in [6, 6.07) is 21.0. The maximum atomic E-state index is 3.92. The number of halogens is 2. The highest BCUT2D eigenvalue weighted by molar-refractivity contribution is 9.12. The summed E-state index contributed by atoms with van der Waals surface area (Å²) < 4.78 is -0.185. The molecule has 2 aromatic rings. The highest BCUT2D eigenvalue weighted by Crippen LogP contribution is 2.44. The van der Waals surface area contributed by atoms with Crippen LogP contribution in [0.1, 0.15) is 18.1 Å². The molecule has 0 N–H and O–H groups in total. The van der Waals surface area contributed by atoms with E-state index in [1.165, 1.54) is 11.1 Å². The van der Waals surface area contributed by atoms with Crippen LogP contribution in [-0.4, -0.2) is 4.83 Å². The molecule has 2 rings (SSSR count). The maximum absolute atomic E-state index is 3.92. The second-order valence-electron chi connectivity index (χ2n) is 4.06. The Hall–Kier alpha value is -0.600. The maximum Gasteiger partial charge on any atom is 0.0876 e. The van der Waals surface area contributed by atoms with Crippen molar-refractivity contribution in [1.29, 1.82) is 0 Å². The zero-order valence-electron chi connectivity index (χ0n) is 9.61. The molecule has 0 heterocycles. The Kier molecular flexibility index (Phi) is 4.05. The number of benzene rings is 2. The van der Waals surface area contributed by atoms with E-state index >= 15 is 0 Å². The Morgan fingerprint density at radius 1 is 0.824 bits per heavy atom. The van der Waals surface area contributed by atoms with Gasteiger partial charge in [-0.25, -0.2) is 0 Å². The molecule has 17 heavy (non-hydrogen) atoms. The molecule has 2 aromatic carbocycles. The summed E-state index contributed by atoms with van der Waals surface area (Å²) in [5.41, 5.74) is 2.52. The van der Waals surface area contributed by atoms with E-state index in [1.54, 1.807) is 0 Å². The van der Waals surface area contributed by atoms with Gasteiger partial charge in [0.2, 0.25) is 0 Å². The molecule has 1 atom stereocenters. The zero-order valence-corrected chi connectivity index (χ0v) is 12.8. The van der Waals surface area contributed by atoms with Gasteiger partial charge in [0.25, 0.3) is 0 Å². The molecule has 0 aliphatic carbocycles. The van der Waals surface area contributed by atoms with Crippen molar-refractivity contribution in [2.24, 2.45) is 0 Å². The van der Waals surface area contributed by atoms with Crippen molar-refractivity contribution >= 4 is 31.9 Å². The van der Waals surface area contributed by atoms with E-state index in [0.717, 1.165) is 0 Å². The largest absolute Gasteiger partial charge is 0.0876 e. The monoisotopic (exact) mass is 352 g/mol. The predicted octanol–water partition coefficient (Wildman–Crippen LogP) is 5.11. The third-order valence-electron chi connectivity index (χ3n) is 2.94. The molecule has 0 saturated heterocycles. The van der Waals surface area contributed by atoms with E-state index in [9.17, 15) is 0 Å². The minimum Gasteiger partial charge on any atom is -0.0871 e. The van der Waals surface area contributed by atoms with Crippen LogP contribution in [-0.2, 0) is 4.32 Å². The van der Waals surface area contributed by atoms with Crippen molar-refractivity contribution in [3.63, 3.8) is 0 Å². The summed E-state index contributed by atoms with van der Waals surface area (Å²) in [7, 11) is 0. The number of hydrogen-bond acceptors (Lipinski definition) is 0. The van der Waals surface area contributed by atoms with Gasteiger partial charge in [-0.05, 0) is 11.1 Å². The molecule has 0 aliphatic heterocycles. The summed E-state index contributed by atoms with van der Waals surface area (Å²) in [5, 5.41) is 0. The number of alkyl halides is 2. The van der Waals surface area contributed by atoms with E-state index < -0.39 is 0 Å². The zero-order chi connectivity index (χ0) is 12.3. The first-order valence-electron chi connectivity index (χ1n) is 5.59. The van der Waals surface area contributed by atoms with Crippen LogP contribution >= 0.6 is 31.9 Å². The van der Waals surface area contributed by atoms with Gasteiger partial charge in [0.15, 0.2) is 0 Å². The van der Waals surface area contributed by atoms with Crippen molar-refractivity contribution in [1.82, 2.24) is 0 Å². The lowest BCUT2D eigenvalue weighted by atomic mass is 9.89. The van der Waals surface area contributed by atoms with E-state index in [0.29, 0.717) is 4.83 Å². The first-order chi connectivity index (χ1) is 8.15. The van der Waals surface area contributed by atoms with Gasteiger partial charge in [0.05, 0.1) is 4.32 Å². The second kappa shape index (κ2) is 5.36. The van der Waals surface area contributed by atoms with Gasteiger partial charge in [-0.1, -0.05) is 99.4 Å². The molecule has 0 bridgehead atoms. The normalized spacial score (nSPS) is 13.4.